The van der Waals surface area contributed by atoms with E-state index in [1.165, 1.54) is 0 Å². The summed E-state index contributed by atoms with van der Waals surface area (Å²) < 4.78 is 10.8. The smallest absolute Gasteiger partial charge is 0.311 e. The van der Waals surface area contributed by atoms with Gasteiger partial charge in [-0.05, 0) is 31.0 Å². The van der Waals surface area contributed by atoms with Crippen molar-refractivity contribution in [1.82, 2.24) is 0 Å². The molecule has 2 aromatic carbocycles. The Balaban J connectivity index is 1.97. The van der Waals surface area contributed by atoms with Crippen LogP contribution in [0.15, 0.2) is 48.5 Å². The summed E-state index contributed by atoms with van der Waals surface area (Å²) in [4.78, 5) is 11.5. The number of aliphatic carboxylic acids is 1. The summed E-state index contributed by atoms with van der Waals surface area (Å²) in [5.74, 6) is -0.0116. The van der Waals surface area contributed by atoms with Crippen molar-refractivity contribution in [3.63, 3.8) is 0 Å². The lowest BCUT2D eigenvalue weighted by Gasteiger charge is -2.14. The average Bonchev–Trinajstić information content (AvgIpc) is 2.52. The summed E-state index contributed by atoms with van der Waals surface area (Å²) in [6.45, 7) is 2.31. The van der Waals surface area contributed by atoms with Crippen LogP contribution < -0.4 is 9.47 Å². The number of carboxylic acid groups (broad SMARTS) is 1. The molecule has 0 heterocycles. The van der Waals surface area contributed by atoms with E-state index in [4.69, 9.17) is 9.47 Å². The number of methoxy groups -OCH3 is 1. The fraction of sp³-hybridized carbons (Fsp3) is 0.278. The number of aryl methyl sites for hydroxylation is 1. The highest BCUT2D eigenvalue weighted by molar-refractivity contribution is 5.76. The van der Waals surface area contributed by atoms with Crippen molar-refractivity contribution < 1.29 is 19.4 Å². The maximum absolute atomic E-state index is 11.5. The van der Waals surface area contributed by atoms with Crippen molar-refractivity contribution in [2.45, 2.75) is 19.3 Å². The first kappa shape index (κ1) is 15.9. The Bertz CT molecular complexity index is 619. The molecule has 2 aromatic rings. The van der Waals surface area contributed by atoms with Crippen molar-refractivity contribution in [3.8, 4) is 11.5 Å². The number of carboxylic acids is 1. The molecule has 1 atom stereocenters. The number of ether oxygens (including phenoxy) is 2. The molecular weight excluding hydrogens is 280 g/mol. The SMILES string of the molecule is COc1cccc(OCCC(C(=O)O)c2ccc(C)cc2)c1. The van der Waals surface area contributed by atoms with Crippen LogP contribution in [0.4, 0.5) is 0 Å². The van der Waals surface area contributed by atoms with Gasteiger partial charge in [0.05, 0.1) is 19.6 Å². The molecule has 0 aliphatic heterocycles. The van der Waals surface area contributed by atoms with Crippen LogP contribution in [0.5, 0.6) is 11.5 Å². The molecule has 22 heavy (non-hydrogen) atoms. The van der Waals surface area contributed by atoms with E-state index < -0.39 is 11.9 Å². The van der Waals surface area contributed by atoms with Crippen molar-refractivity contribution in [1.29, 1.82) is 0 Å². The van der Waals surface area contributed by atoms with Gasteiger partial charge in [-0.25, -0.2) is 0 Å². The summed E-state index contributed by atoms with van der Waals surface area (Å²) in [7, 11) is 1.59. The number of hydrogen-bond acceptors (Lipinski definition) is 3. The molecule has 0 aliphatic carbocycles. The van der Waals surface area contributed by atoms with Crippen LogP contribution >= 0.6 is 0 Å². The predicted octanol–water partition coefficient (Wildman–Crippen LogP) is 3.64. The summed E-state index contributed by atoms with van der Waals surface area (Å²) in [6, 6.07) is 14.8. The van der Waals surface area contributed by atoms with Crippen LogP contribution in [-0.2, 0) is 4.79 Å². The highest BCUT2D eigenvalue weighted by atomic mass is 16.5. The zero-order valence-electron chi connectivity index (χ0n) is 12.8. The van der Waals surface area contributed by atoms with Gasteiger partial charge >= 0.3 is 5.97 Å². The summed E-state index contributed by atoms with van der Waals surface area (Å²) >= 11 is 0. The molecule has 4 nitrogen and oxygen atoms in total. The van der Waals surface area contributed by atoms with Gasteiger partial charge in [-0.1, -0.05) is 35.9 Å². The molecule has 0 saturated carbocycles. The van der Waals surface area contributed by atoms with Crippen LogP contribution in [0, 0.1) is 6.92 Å². The van der Waals surface area contributed by atoms with Gasteiger partial charge in [-0.15, -0.1) is 0 Å². The van der Waals surface area contributed by atoms with Crippen molar-refractivity contribution in [2.75, 3.05) is 13.7 Å². The topological polar surface area (TPSA) is 55.8 Å². The third-order valence-corrected chi connectivity index (χ3v) is 3.49. The Kier molecular flexibility index (Phi) is 5.42. The molecule has 1 unspecified atom stereocenters. The van der Waals surface area contributed by atoms with E-state index in [0.717, 1.165) is 11.1 Å². The quantitative estimate of drug-likeness (QED) is 0.848. The third kappa shape index (κ3) is 4.25. The maximum Gasteiger partial charge on any atom is 0.311 e. The summed E-state index contributed by atoms with van der Waals surface area (Å²) in [5, 5.41) is 9.40. The maximum atomic E-state index is 11.5. The highest BCUT2D eigenvalue weighted by Crippen LogP contribution is 2.23. The molecule has 116 valence electrons. The molecule has 0 aromatic heterocycles. The highest BCUT2D eigenvalue weighted by Gasteiger charge is 2.19. The monoisotopic (exact) mass is 300 g/mol. The first-order valence-corrected chi connectivity index (χ1v) is 7.16. The minimum Gasteiger partial charge on any atom is -0.497 e. The Labute approximate surface area is 130 Å². The van der Waals surface area contributed by atoms with E-state index in [2.05, 4.69) is 0 Å². The van der Waals surface area contributed by atoms with Gasteiger partial charge in [0.1, 0.15) is 11.5 Å². The lowest BCUT2D eigenvalue weighted by atomic mass is 9.95. The number of carbonyl (C=O) groups is 1. The molecular formula is C18H20O4. The Hall–Kier alpha value is -2.49. The molecule has 4 heteroatoms. The lowest BCUT2D eigenvalue weighted by molar-refractivity contribution is -0.139. The van der Waals surface area contributed by atoms with Gasteiger partial charge in [0, 0.05) is 6.07 Å². The third-order valence-electron chi connectivity index (χ3n) is 3.49. The Morgan fingerprint density at radius 3 is 2.45 bits per heavy atom. The first-order chi connectivity index (χ1) is 10.6. The lowest BCUT2D eigenvalue weighted by Crippen LogP contribution is -2.15. The van der Waals surface area contributed by atoms with Crippen molar-refractivity contribution in [2.24, 2.45) is 0 Å². The molecule has 0 fully saturated rings. The van der Waals surface area contributed by atoms with Gasteiger partial charge < -0.3 is 14.6 Å². The molecule has 0 radical (unpaired) electrons. The van der Waals surface area contributed by atoms with Crippen LogP contribution in [0.1, 0.15) is 23.5 Å². The minimum absolute atomic E-state index is 0.331. The fourth-order valence-corrected chi connectivity index (χ4v) is 2.22. The van der Waals surface area contributed by atoms with Crippen molar-refractivity contribution >= 4 is 5.97 Å². The zero-order valence-corrected chi connectivity index (χ0v) is 12.8. The second-order valence-electron chi connectivity index (χ2n) is 5.12. The normalized spacial score (nSPS) is 11.7. The molecule has 0 aliphatic rings. The second-order valence-corrected chi connectivity index (χ2v) is 5.12. The van der Waals surface area contributed by atoms with Gasteiger partial charge in [0.2, 0.25) is 0 Å². The van der Waals surface area contributed by atoms with Gasteiger partial charge in [-0.2, -0.15) is 0 Å². The zero-order chi connectivity index (χ0) is 15.9. The van der Waals surface area contributed by atoms with Crippen LogP contribution in [0.3, 0.4) is 0 Å². The van der Waals surface area contributed by atoms with E-state index in [1.807, 2.05) is 49.4 Å². The first-order valence-electron chi connectivity index (χ1n) is 7.16. The average molecular weight is 300 g/mol. The van der Waals surface area contributed by atoms with Gasteiger partial charge in [0.15, 0.2) is 0 Å². The minimum atomic E-state index is -0.835. The number of benzene rings is 2. The molecule has 0 spiro atoms. The fourth-order valence-electron chi connectivity index (χ4n) is 2.22. The second kappa shape index (κ2) is 7.50. The molecule has 1 N–H and O–H groups in total. The Morgan fingerprint density at radius 1 is 1.14 bits per heavy atom. The van der Waals surface area contributed by atoms with E-state index in [-0.39, 0.29) is 0 Å². The van der Waals surface area contributed by atoms with Crippen molar-refractivity contribution in [3.05, 3.63) is 59.7 Å². The van der Waals surface area contributed by atoms with Gasteiger partial charge in [0.25, 0.3) is 0 Å². The van der Waals surface area contributed by atoms with E-state index in [1.54, 1.807) is 13.2 Å². The van der Waals surface area contributed by atoms with Gasteiger partial charge in [-0.3, -0.25) is 4.79 Å². The summed E-state index contributed by atoms with van der Waals surface area (Å²) in [5.41, 5.74) is 1.91. The van der Waals surface area contributed by atoms with Crippen LogP contribution in [0.2, 0.25) is 0 Å². The Morgan fingerprint density at radius 2 is 1.82 bits per heavy atom. The van der Waals surface area contributed by atoms with E-state index in [9.17, 15) is 9.90 Å². The molecule has 0 saturated heterocycles. The largest absolute Gasteiger partial charge is 0.497 e. The molecule has 0 bridgehead atoms. The molecule has 0 amide bonds. The predicted molar refractivity (Wildman–Crippen MR) is 84.7 cm³/mol. The van der Waals surface area contributed by atoms with Crippen LogP contribution in [0.25, 0.3) is 0 Å². The standard InChI is InChI=1S/C18H20O4/c1-13-6-8-14(9-7-13)17(18(19)20)10-11-22-16-5-3-4-15(12-16)21-2/h3-9,12,17H,10-11H2,1-2H3,(H,19,20). The number of rotatable bonds is 7. The summed E-state index contributed by atoms with van der Waals surface area (Å²) in [6.07, 6.45) is 0.412. The van der Waals surface area contributed by atoms with E-state index in [0.29, 0.717) is 24.5 Å². The van der Waals surface area contributed by atoms with E-state index >= 15 is 0 Å². The number of hydrogen-bond donors (Lipinski definition) is 1. The molecule has 2 rings (SSSR count). The van der Waals surface area contributed by atoms with Crippen LogP contribution in [-0.4, -0.2) is 24.8 Å².